The highest BCUT2D eigenvalue weighted by molar-refractivity contribution is 5.17. The fourth-order valence-electron chi connectivity index (χ4n) is 2.95. The minimum atomic E-state index is 0.772. The largest absolute Gasteiger partial charge is 0.478 e. The van der Waals surface area contributed by atoms with Gasteiger partial charge in [0.15, 0.2) is 0 Å². The van der Waals surface area contributed by atoms with Gasteiger partial charge in [0.2, 0.25) is 5.88 Å². The standard InChI is InChI=1S/C18H29NO/c1-3-4-13-20-18-12-11-17(14-19-18)10-9-16-7-5-15(2)6-8-16/h11-12,14-16H,3-10,13H2,1-2H3. The number of rotatable bonds is 7. The van der Waals surface area contributed by atoms with Crippen molar-refractivity contribution in [1.82, 2.24) is 4.98 Å². The van der Waals surface area contributed by atoms with Crippen LogP contribution in [0.4, 0.5) is 0 Å². The Morgan fingerprint density at radius 1 is 1.20 bits per heavy atom. The fourth-order valence-corrected chi connectivity index (χ4v) is 2.95. The molecule has 0 aliphatic heterocycles. The number of aromatic nitrogens is 1. The third-order valence-corrected chi connectivity index (χ3v) is 4.52. The van der Waals surface area contributed by atoms with Crippen LogP contribution in [0.15, 0.2) is 18.3 Å². The molecule has 1 heterocycles. The Hall–Kier alpha value is -1.05. The number of unbranched alkanes of at least 4 members (excludes halogenated alkanes) is 1. The molecule has 1 aliphatic rings. The van der Waals surface area contributed by atoms with E-state index in [1.165, 1.54) is 44.1 Å². The highest BCUT2D eigenvalue weighted by Crippen LogP contribution is 2.31. The van der Waals surface area contributed by atoms with Crippen molar-refractivity contribution in [3.05, 3.63) is 23.9 Å². The molecule has 0 N–H and O–H groups in total. The van der Waals surface area contributed by atoms with Gasteiger partial charge in [-0.15, -0.1) is 0 Å². The Balaban J connectivity index is 1.70. The number of hydrogen-bond acceptors (Lipinski definition) is 2. The molecule has 1 aromatic heterocycles. The molecule has 2 heteroatoms. The first-order valence-corrected chi connectivity index (χ1v) is 8.35. The second kappa shape index (κ2) is 8.28. The number of nitrogens with zero attached hydrogens (tertiary/aromatic N) is 1. The first kappa shape index (κ1) is 15.3. The molecular weight excluding hydrogens is 246 g/mol. The average molecular weight is 275 g/mol. The first-order valence-electron chi connectivity index (χ1n) is 8.35. The van der Waals surface area contributed by atoms with Crippen LogP contribution in [0.25, 0.3) is 0 Å². The van der Waals surface area contributed by atoms with Gasteiger partial charge in [0.1, 0.15) is 0 Å². The number of hydrogen-bond donors (Lipinski definition) is 0. The summed E-state index contributed by atoms with van der Waals surface area (Å²) in [6.07, 6.45) is 12.4. The van der Waals surface area contributed by atoms with Crippen LogP contribution in [0.1, 0.15) is 64.4 Å². The van der Waals surface area contributed by atoms with Crippen molar-refractivity contribution < 1.29 is 4.74 Å². The van der Waals surface area contributed by atoms with Crippen molar-refractivity contribution in [2.45, 2.75) is 65.2 Å². The Kier molecular flexibility index (Phi) is 6.35. The Morgan fingerprint density at radius 3 is 2.65 bits per heavy atom. The summed E-state index contributed by atoms with van der Waals surface area (Å²) in [5.41, 5.74) is 1.35. The number of aryl methyl sites for hydroxylation is 1. The number of ether oxygens (including phenoxy) is 1. The minimum Gasteiger partial charge on any atom is -0.478 e. The zero-order valence-corrected chi connectivity index (χ0v) is 13.1. The van der Waals surface area contributed by atoms with Gasteiger partial charge in [0.05, 0.1) is 6.61 Å². The summed E-state index contributed by atoms with van der Waals surface area (Å²) >= 11 is 0. The zero-order chi connectivity index (χ0) is 14.2. The summed E-state index contributed by atoms with van der Waals surface area (Å²) in [6.45, 7) is 5.34. The van der Waals surface area contributed by atoms with Crippen molar-refractivity contribution in [1.29, 1.82) is 0 Å². The lowest BCUT2D eigenvalue weighted by Crippen LogP contribution is -2.12. The second-order valence-corrected chi connectivity index (χ2v) is 6.37. The Morgan fingerprint density at radius 2 is 2.00 bits per heavy atom. The average Bonchev–Trinajstić information content (AvgIpc) is 2.48. The molecule has 2 nitrogen and oxygen atoms in total. The molecule has 1 saturated carbocycles. The van der Waals surface area contributed by atoms with Crippen LogP contribution in [0.3, 0.4) is 0 Å². The van der Waals surface area contributed by atoms with Crippen molar-refractivity contribution in [2.75, 3.05) is 6.61 Å². The molecule has 112 valence electrons. The molecule has 0 bridgehead atoms. The van der Waals surface area contributed by atoms with Crippen molar-refractivity contribution in [3.8, 4) is 5.88 Å². The topological polar surface area (TPSA) is 22.1 Å². The third-order valence-electron chi connectivity index (χ3n) is 4.52. The lowest BCUT2D eigenvalue weighted by Gasteiger charge is -2.26. The van der Waals surface area contributed by atoms with Crippen LogP contribution in [0.2, 0.25) is 0 Å². The Labute approximate surface area is 124 Å². The summed E-state index contributed by atoms with van der Waals surface area (Å²) in [6, 6.07) is 4.20. The normalized spacial score (nSPS) is 22.7. The molecule has 0 spiro atoms. The summed E-state index contributed by atoms with van der Waals surface area (Å²) in [5.74, 6) is 2.66. The quantitative estimate of drug-likeness (QED) is 0.652. The predicted octanol–water partition coefficient (Wildman–Crippen LogP) is 5.02. The molecule has 0 amide bonds. The van der Waals surface area contributed by atoms with E-state index in [-0.39, 0.29) is 0 Å². The van der Waals surface area contributed by atoms with Gasteiger partial charge in [-0.1, -0.05) is 52.0 Å². The van der Waals surface area contributed by atoms with Crippen molar-refractivity contribution in [3.63, 3.8) is 0 Å². The second-order valence-electron chi connectivity index (χ2n) is 6.37. The molecule has 0 radical (unpaired) electrons. The van der Waals surface area contributed by atoms with Gasteiger partial charge in [-0.3, -0.25) is 0 Å². The fraction of sp³-hybridized carbons (Fsp3) is 0.722. The molecule has 0 saturated heterocycles. The van der Waals surface area contributed by atoms with E-state index in [1.54, 1.807) is 0 Å². The summed E-state index contributed by atoms with van der Waals surface area (Å²) in [7, 11) is 0. The number of pyridine rings is 1. The van der Waals surface area contributed by atoms with Gasteiger partial charge in [0.25, 0.3) is 0 Å². The van der Waals surface area contributed by atoms with E-state index >= 15 is 0 Å². The highest BCUT2D eigenvalue weighted by Gasteiger charge is 2.17. The predicted molar refractivity (Wildman–Crippen MR) is 84.1 cm³/mol. The van der Waals surface area contributed by atoms with E-state index in [0.29, 0.717) is 0 Å². The maximum atomic E-state index is 5.60. The van der Waals surface area contributed by atoms with E-state index in [1.807, 2.05) is 12.3 Å². The Bertz CT molecular complexity index is 366. The lowest BCUT2D eigenvalue weighted by molar-refractivity contribution is 0.277. The molecule has 20 heavy (non-hydrogen) atoms. The first-order chi connectivity index (χ1) is 9.78. The molecule has 0 unspecified atom stereocenters. The van der Waals surface area contributed by atoms with Crippen LogP contribution in [0, 0.1) is 11.8 Å². The van der Waals surface area contributed by atoms with Gasteiger partial charge in [0, 0.05) is 12.3 Å². The van der Waals surface area contributed by atoms with Crippen LogP contribution < -0.4 is 4.74 Å². The molecule has 0 atom stereocenters. The summed E-state index contributed by atoms with van der Waals surface area (Å²) < 4.78 is 5.60. The SMILES string of the molecule is CCCCOc1ccc(CCC2CCC(C)CC2)cn1. The molecular formula is C18H29NO. The summed E-state index contributed by atoms with van der Waals surface area (Å²) in [4.78, 5) is 4.40. The van der Waals surface area contributed by atoms with Crippen LogP contribution in [0.5, 0.6) is 5.88 Å². The van der Waals surface area contributed by atoms with Gasteiger partial charge in [-0.05, 0) is 36.7 Å². The maximum absolute atomic E-state index is 5.60. The van der Waals surface area contributed by atoms with Gasteiger partial charge in [-0.25, -0.2) is 4.98 Å². The lowest BCUT2D eigenvalue weighted by atomic mass is 9.80. The van der Waals surface area contributed by atoms with Crippen LogP contribution in [-0.4, -0.2) is 11.6 Å². The van der Waals surface area contributed by atoms with E-state index in [2.05, 4.69) is 24.9 Å². The molecule has 1 fully saturated rings. The van der Waals surface area contributed by atoms with E-state index in [9.17, 15) is 0 Å². The highest BCUT2D eigenvalue weighted by atomic mass is 16.5. The molecule has 1 aliphatic carbocycles. The molecule has 0 aromatic carbocycles. The van der Waals surface area contributed by atoms with Crippen LogP contribution >= 0.6 is 0 Å². The van der Waals surface area contributed by atoms with E-state index in [0.717, 1.165) is 37.2 Å². The maximum Gasteiger partial charge on any atom is 0.213 e. The van der Waals surface area contributed by atoms with E-state index < -0.39 is 0 Å². The van der Waals surface area contributed by atoms with Gasteiger partial charge < -0.3 is 4.74 Å². The zero-order valence-electron chi connectivity index (χ0n) is 13.1. The monoisotopic (exact) mass is 275 g/mol. The van der Waals surface area contributed by atoms with E-state index in [4.69, 9.17) is 4.74 Å². The van der Waals surface area contributed by atoms with Crippen LogP contribution in [-0.2, 0) is 6.42 Å². The van der Waals surface area contributed by atoms with Crippen molar-refractivity contribution >= 4 is 0 Å². The van der Waals surface area contributed by atoms with Gasteiger partial charge >= 0.3 is 0 Å². The van der Waals surface area contributed by atoms with Gasteiger partial charge in [-0.2, -0.15) is 0 Å². The molecule has 2 rings (SSSR count). The minimum absolute atomic E-state index is 0.772. The van der Waals surface area contributed by atoms with Crippen molar-refractivity contribution in [2.24, 2.45) is 11.8 Å². The third kappa shape index (κ3) is 5.15. The smallest absolute Gasteiger partial charge is 0.213 e. The molecule has 1 aromatic rings. The summed E-state index contributed by atoms with van der Waals surface area (Å²) in [5, 5.41) is 0.